The van der Waals surface area contributed by atoms with Crippen LogP contribution in [0.5, 0.6) is 0 Å². The van der Waals surface area contributed by atoms with Crippen molar-refractivity contribution in [1.82, 2.24) is 5.32 Å². The zero-order valence-electron chi connectivity index (χ0n) is 8.94. The fourth-order valence-electron chi connectivity index (χ4n) is 3.35. The Morgan fingerprint density at radius 1 is 1.31 bits per heavy atom. The third-order valence-electron chi connectivity index (χ3n) is 4.18. The lowest BCUT2D eigenvalue weighted by Gasteiger charge is -2.43. The first-order valence-electron chi connectivity index (χ1n) is 6.05. The SMILES string of the molecule is CCC1CCCC2(CCCNC2)C1. The molecule has 1 heterocycles. The molecule has 1 saturated carbocycles. The Labute approximate surface area is 82.3 Å². The van der Waals surface area contributed by atoms with Gasteiger partial charge in [0, 0.05) is 6.54 Å². The fraction of sp³-hybridized carbons (Fsp3) is 1.00. The minimum atomic E-state index is 0.719. The summed E-state index contributed by atoms with van der Waals surface area (Å²) >= 11 is 0. The van der Waals surface area contributed by atoms with Gasteiger partial charge in [0.25, 0.3) is 0 Å². The smallest absolute Gasteiger partial charge is 0.000792 e. The van der Waals surface area contributed by atoms with Crippen molar-refractivity contribution in [2.45, 2.75) is 51.9 Å². The normalized spacial score (nSPS) is 40.8. The summed E-state index contributed by atoms with van der Waals surface area (Å²) in [6.45, 7) is 4.93. The summed E-state index contributed by atoms with van der Waals surface area (Å²) in [7, 11) is 0. The monoisotopic (exact) mass is 181 g/mol. The van der Waals surface area contributed by atoms with Crippen molar-refractivity contribution < 1.29 is 0 Å². The highest BCUT2D eigenvalue weighted by Gasteiger charge is 2.36. The predicted molar refractivity (Wildman–Crippen MR) is 56.8 cm³/mol. The van der Waals surface area contributed by atoms with Gasteiger partial charge in [-0.2, -0.15) is 0 Å². The van der Waals surface area contributed by atoms with E-state index in [4.69, 9.17) is 0 Å². The molecule has 76 valence electrons. The fourth-order valence-corrected chi connectivity index (χ4v) is 3.35. The first-order chi connectivity index (χ1) is 6.35. The molecule has 0 bridgehead atoms. The summed E-state index contributed by atoms with van der Waals surface area (Å²) in [5.74, 6) is 1.04. The molecule has 1 N–H and O–H groups in total. The number of rotatable bonds is 1. The van der Waals surface area contributed by atoms with E-state index in [1.807, 2.05) is 0 Å². The Bertz CT molecular complexity index is 153. The second-order valence-electron chi connectivity index (χ2n) is 5.15. The van der Waals surface area contributed by atoms with Gasteiger partial charge in [-0.1, -0.05) is 26.2 Å². The van der Waals surface area contributed by atoms with Gasteiger partial charge in [0.05, 0.1) is 0 Å². The number of piperidine rings is 1. The Morgan fingerprint density at radius 3 is 2.85 bits per heavy atom. The largest absolute Gasteiger partial charge is 0.316 e. The van der Waals surface area contributed by atoms with E-state index in [9.17, 15) is 0 Å². The van der Waals surface area contributed by atoms with Gasteiger partial charge in [0.1, 0.15) is 0 Å². The van der Waals surface area contributed by atoms with Crippen molar-refractivity contribution in [2.75, 3.05) is 13.1 Å². The summed E-state index contributed by atoms with van der Waals surface area (Å²) in [5.41, 5.74) is 0.719. The molecule has 2 fully saturated rings. The van der Waals surface area contributed by atoms with E-state index < -0.39 is 0 Å². The van der Waals surface area contributed by atoms with E-state index >= 15 is 0 Å². The van der Waals surface area contributed by atoms with Crippen molar-refractivity contribution in [3.8, 4) is 0 Å². The van der Waals surface area contributed by atoms with E-state index in [-0.39, 0.29) is 0 Å². The van der Waals surface area contributed by atoms with Crippen LogP contribution in [0.3, 0.4) is 0 Å². The van der Waals surface area contributed by atoms with E-state index in [2.05, 4.69) is 12.2 Å². The minimum Gasteiger partial charge on any atom is -0.316 e. The molecule has 2 atom stereocenters. The lowest BCUT2D eigenvalue weighted by atomic mass is 9.65. The van der Waals surface area contributed by atoms with Crippen LogP contribution < -0.4 is 5.32 Å². The lowest BCUT2D eigenvalue weighted by molar-refractivity contribution is 0.0999. The molecule has 0 amide bonds. The standard InChI is InChI=1S/C12H23N/c1-2-11-5-3-6-12(9-11)7-4-8-13-10-12/h11,13H,2-10H2,1H3. The van der Waals surface area contributed by atoms with E-state index in [0.29, 0.717) is 0 Å². The maximum absolute atomic E-state index is 3.59. The van der Waals surface area contributed by atoms with Gasteiger partial charge < -0.3 is 5.32 Å². The second kappa shape index (κ2) is 4.00. The van der Waals surface area contributed by atoms with Crippen LogP contribution in [-0.2, 0) is 0 Å². The predicted octanol–water partition coefficient (Wildman–Crippen LogP) is 2.96. The molecule has 0 aromatic carbocycles. The summed E-state index contributed by atoms with van der Waals surface area (Å²) < 4.78 is 0. The van der Waals surface area contributed by atoms with Crippen LogP contribution in [0.1, 0.15) is 51.9 Å². The van der Waals surface area contributed by atoms with Gasteiger partial charge in [0.2, 0.25) is 0 Å². The number of nitrogens with one attached hydrogen (secondary N) is 1. The summed E-state index contributed by atoms with van der Waals surface area (Å²) in [4.78, 5) is 0. The zero-order valence-corrected chi connectivity index (χ0v) is 8.94. The van der Waals surface area contributed by atoms with Crippen molar-refractivity contribution in [1.29, 1.82) is 0 Å². The molecule has 0 aromatic rings. The van der Waals surface area contributed by atoms with Crippen LogP contribution >= 0.6 is 0 Å². The molecule has 2 unspecified atom stereocenters. The Kier molecular flexibility index (Phi) is 2.92. The molecule has 1 nitrogen and oxygen atoms in total. The molecule has 1 heteroatoms. The number of hydrogen-bond acceptors (Lipinski definition) is 1. The highest BCUT2D eigenvalue weighted by molar-refractivity contribution is 4.90. The molecule has 0 aromatic heterocycles. The molecule has 1 saturated heterocycles. The van der Waals surface area contributed by atoms with Gasteiger partial charge in [0.15, 0.2) is 0 Å². The molecular formula is C12H23N. The summed E-state index contributed by atoms with van der Waals surface area (Å²) in [6.07, 6.45) is 10.3. The van der Waals surface area contributed by atoms with Crippen LogP contribution in [0, 0.1) is 11.3 Å². The average molecular weight is 181 g/mol. The maximum Gasteiger partial charge on any atom is 0.000792 e. The molecule has 13 heavy (non-hydrogen) atoms. The summed E-state index contributed by atoms with van der Waals surface area (Å²) in [5, 5.41) is 3.59. The Hall–Kier alpha value is -0.0400. The van der Waals surface area contributed by atoms with Crippen LogP contribution in [-0.4, -0.2) is 13.1 Å². The first-order valence-corrected chi connectivity index (χ1v) is 6.05. The molecule has 0 radical (unpaired) electrons. The van der Waals surface area contributed by atoms with Crippen LogP contribution in [0.25, 0.3) is 0 Å². The molecular weight excluding hydrogens is 158 g/mol. The van der Waals surface area contributed by atoms with Gasteiger partial charge in [-0.3, -0.25) is 0 Å². The molecule has 1 aliphatic heterocycles. The summed E-state index contributed by atoms with van der Waals surface area (Å²) in [6, 6.07) is 0. The van der Waals surface area contributed by atoms with Gasteiger partial charge >= 0.3 is 0 Å². The van der Waals surface area contributed by atoms with E-state index in [0.717, 1.165) is 11.3 Å². The second-order valence-corrected chi connectivity index (χ2v) is 5.15. The lowest BCUT2D eigenvalue weighted by Crippen LogP contribution is -2.42. The van der Waals surface area contributed by atoms with Crippen molar-refractivity contribution in [3.05, 3.63) is 0 Å². The first kappa shape index (κ1) is 9.51. The Balaban J connectivity index is 1.95. The highest BCUT2D eigenvalue weighted by atomic mass is 14.9. The van der Waals surface area contributed by atoms with Gasteiger partial charge in [-0.15, -0.1) is 0 Å². The van der Waals surface area contributed by atoms with Crippen molar-refractivity contribution in [3.63, 3.8) is 0 Å². The number of hydrogen-bond donors (Lipinski definition) is 1. The minimum absolute atomic E-state index is 0.719. The van der Waals surface area contributed by atoms with Crippen molar-refractivity contribution in [2.24, 2.45) is 11.3 Å². The maximum atomic E-state index is 3.59. The van der Waals surface area contributed by atoms with Crippen LogP contribution in [0.15, 0.2) is 0 Å². The van der Waals surface area contributed by atoms with E-state index in [1.54, 1.807) is 0 Å². The molecule has 1 spiro atoms. The molecule has 1 aliphatic carbocycles. The topological polar surface area (TPSA) is 12.0 Å². The highest BCUT2D eigenvalue weighted by Crippen LogP contribution is 2.44. The average Bonchev–Trinajstić information content (AvgIpc) is 2.19. The van der Waals surface area contributed by atoms with Gasteiger partial charge in [-0.05, 0) is 43.6 Å². The zero-order chi connectivity index (χ0) is 9.15. The molecule has 2 aliphatic rings. The molecule has 2 rings (SSSR count). The third kappa shape index (κ3) is 2.07. The Morgan fingerprint density at radius 2 is 2.15 bits per heavy atom. The van der Waals surface area contributed by atoms with Crippen molar-refractivity contribution >= 4 is 0 Å². The quantitative estimate of drug-likeness (QED) is 0.656. The van der Waals surface area contributed by atoms with E-state index in [1.165, 1.54) is 58.0 Å². The van der Waals surface area contributed by atoms with Gasteiger partial charge in [-0.25, -0.2) is 0 Å². The third-order valence-corrected chi connectivity index (χ3v) is 4.18. The van der Waals surface area contributed by atoms with Crippen LogP contribution in [0.2, 0.25) is 0 Å². The van der Waals surface area contributed by atoms with Crippen LogP contribution in [0.4, 0.5) is 0 Å².